The molecule has 0 amide bonds. The Morgan fingerprint density at radius 3 is 2.62 bits per heavy atom. The molecule has 0 saturated carbocycles. The predicted molar refractivity (Wildman–Crippen MR) is 62.3 cm³/mol. The van der Waals surface area contributed by atoms with Crippen LogP contribution in [0.3, 0.4) is 0 Å². The van der Waals surface area contributed by atoms with Crippen molar-refractivity contribution in [1.82, 2.24) is 4.90 Å². The van der Waals surface area contributed by atoms with Gasteiger partial charge in [0, 0.05) is 13.1 Å². The minimum absolute atomic E-state index is 0.161. The van der Waals surface area contributed by atoms with Gasteiger partial charge < -0.3 is 9.64 Å². The van der Waals surface area contributed by atoms with Crippen LogP contribution in [-0.2, 0) is 0 Å². The molecule has 88 valence electrons. The zero-order valence-corrected chi connectivity index (χ0v) is 9.87. The first-order valence-corrected chi connectivity index (χ1v) is 5.76. The van der Waals surface area contributed by atoms with Gasteiger partial charge in [-0.25, -0.2) is 4.39 Å². The van der Waals surface area contributed by atoms with E-state index in [0.717, 1.165) is 31.5 Å². The van der Waals surface area contributed by atoms with Crippen molar-refractivity contribution in [1.29, 1.82) is 0 Å². The lowest BCUT2D eigenvalue weighted by Crippen LogP contribution is -2.35. The van der Waals surface area contributed by atoms with Crippen LogP contribution in [0.2, 0.25) is 0 Å². The van der Waals surface area contributed by atoms with Crippen LogP contribution in [0.15, 0.2) is 18.2 Å². The van der Waals surface area contributed by atoms with Crippen molar-refractivity contribution < 1.29 is 9.13 Å². The Hall–Kier alpha value is -1.09. The van der Waals surface area contributed by atoms with E-state index < -0.39 is 0 Å². The number of aryl methyl sites for hydroxylation is 1. The molecule has 0 radical (unpaired) electrons. The highest BCUT2D eigenvalue weighted by molar-refractivity contribution is 5.28. The molecule has 1 heterocycles. The van der Waals surface area contributed by atoms with Gasteiger partial charge in [0.25, 0.3) is 0 Å². The van der Waals surface area contributed by atoms with E-state index >= 15 is 0 Å². The maximum absolute atomic E-state index is 13.5. The first-order chi connectivity index (χ1) is 7.65. The average Bonchev–Trinajstić information content (AvgIpc) is 2.25. The standard InChI is InChI=1S/C13H18FNO/c1-10-3-4-13(12(14)9-10)16-11-5-7-15(2)8-6-11/h3-4,9,11H,5-8H2,1-2H3. The normalized spacial score (nSPS) is 18.7. The summed E-state index contributed by atoms with van der Waals surface area (Å²) in [7, 11) is 2.10. The molecule has 2 rings (SSSR count). The monoisotopic (exact) mass is 223 g/mol. The molecular formula is C13H18FNO. The third-order valence-electron chi connectivity index (χ3n) is 3.05. The van der Waals surface area contributed by atoms with Crippen molar-refractivity contribution in [3.05, 3.63) is 29.6 Å². The largest absolute Gasteiger partial charge is 0.487 e. The molecule has 1 aliphatic rings. The summed E-state index contributed by atoms with van der Waals surface area (Å²) in [6.07, 6.45) is 2.11. The molecule has 0 unspecified atom stereocenters. The Morgan fingerprint density at radius 2 is 2.00 bits per heavy atom. The molecule has 1 saturated heterocycles. The van der Waals surface area contributed by atoms with Crippen LogP contribution >= 0.6 is 0 Å². The number of benzene rings is 1. The van der Waals surface area contributed by atoms with Gasteiger partial charge in [-0.2, -0.15) is 0 Å². The van der Waals surface area contributed by atoms with E-state index in [1.54, 1.807) is 6.07 Å². The summed E-state index contributed by atoms with van der Waals surface area (Å²) in [4.78, 5) is 2.27. The van der Waals surface area contributed by atoms with Crippen LogP contribution < -0.4 is 4.74 Å². The van der Waals surface area contributed by atoms with Gasteiger partial charge in [0.05, 0.1) is 0 Å². The van der Waals surface area contributed by atoms with Gasteiger partial charge in [-0.1, -0.05) is 6.07 Å². The number of hydrogen-bond acceptors (Lipinski definition) is 2. The first kappa shape index (κ1) is 11.4. The van der Waals surface area contributed by atoms with E-state index in [0.29, 0.717) is 5.75 Å². The van der Waals surface area contributed by atoms with E-state index in [-0.39, 0.29) is 11.9 Å². The number of ether oxygens (including phenoxy) is 1. The molecule has 0 atom stereocenters. The number of rotatable bonds is 2. The van der Waals surface area contributed by atoms with E-state index in [2.05, 4.69) is 11.9 Å². The van der Waals surface area contributed by atoms with E-state index in [4.69, 9.17) is 4.74 Å². The maximum atomic E-state index is 13.5. The summed E-state index contributed by atoms with van der Waals surface area (Å²) >= 11 is 0. The fourth-order valence-electron chi connectivity index (χ4n) is 1.98. The van der Waals surface area contributed by atoms with Gasteiger partial charge in [0.15, 0.2) is 11.6 Å². The zero-order valence-electron chi connectivity index (χ0n) is 9.87. The van der Waals surface area contributed by atoms with Gasteiger partial charge in [-0.05, 0) is 44.5 Å². The fourth-order valence-corrected chi connectivity index (χ4v) is 1.98. The molecule has 0 spiro atoms. The zero-order chi connectivity index (χ0) is 11.5. The molecule has 16 heavy (non-hydrogen) atoms. The summed E-state index contributed by atoms with van der Waals surface area (Å²) in [5.74, 6) is 0.138. The van der Waals surface area contributed by atoms with Crippen LogP contribution in [0, 0.1) is 12.7 Å². The molecule has 0 aliphatic carbocycles. The van der Waals surface area contributed by atoms with Crippen molar-refractivity contribution in [2.24, 2.45) is 0 Å². The lowest BCUT2D eigenvalue weighted by molar-refractivity contribution is 0.110. The number of halogens is 1. The number of nitrogens with zero attached hydrogens (tertiary/aromatic N) is 1. The molecule has 0 aromatic heterocycles. The van der Waals surface area contributed by atoms with Crippen molar-refractivity contribution in [2.45, 2.75) is 25.9 Å². The molecular weight excluding hydrogens is 205 g/mol. The minimum Gasteiger partial charge on any atom is -0.487 e. The lowest BCUT2D eigenvalue weighted by atomic mass is 10.1. The molecule has 3 heteroatoms. The highest BCUT2D eigenvalue weighted by Gasteiger charge is 2.19. The smallest absolute Gasteiger partial charge is 0.165 e. The summed E-state index contributed by atoms with van der Waals surface area (Å²) in [5, 5.41) is 0. The second-order valence-electron chi connectivity index (χ2n) is 4.55. The van der Waals surface area contributed by atoms with Crippen molar-refractivity contribution in [3.63, 3.8) is 0 Å². The van der Waals surface area contributed by atoms with Gasteiger partial charge in [-0.3, -0.25) is 0 Å². The Bertz CT molecular complexity index is 359. The van der Waals surface area contributed by atoms with Crippen molar-refractivity contribution >= 4 is 0 Å². The molecule has 2 nitrogen and oxygen atoms in total. The second kappa shape index (κ2) is 4.83. The summed E-state index contributed by atoms with van der Waals surface area (Å²) in [6, 6.07) is 5.13. The summed E-state index contributed by atoms with van der Waals surface area (Å²) in [5.41, 5.74) is 0.924. The van der Waals surface area contributed by atoms with Crippen LogP contribution in [0.4, 0.5) is 4.39 Å². The number of likely N-dealkylation sites (tertiary alicyclic amines) is 1. The van der Waals surface area contributed by atoms with Crippen LogP contribution in [0.25, 0.3) is 0 Å². The second-order valence-corrected chi connectivity index (χ2v) is 4.55. The third-order valence-corrected chi connectivity index (χ3v) is 3.05. The molecule has 0 N–H and O–H groups in total. The highest BCUT2D eigenvalue weighted by atomic mass is 19.1. The number of hydrogen-bond donors (Lipinski definition) is 0. The quantitative estimate of drug-likeness (QED) is 0.764. The number of piperidine rings is 1. The SMILES string of the molecule is Cc1ccc(OC2CCN(C)CC2)c(F)c1. The molecule has 1 aromatic carbocycles. The summed E-state index contributed by atoms with van der Waals surface area (Å²) < 4.78 is 19.2. The van der Waals surface area contributed by atoms with Gasteiger partial charge in [-0.15, -0.1) is 0 Å². The third kappa shape index (κ3) is 2.73. The summed E-state index contributed by atoms with van der Waals surface area (Å²) in [6.45, 7) is 3.93. The molecule has 0 bridgehead atoms. The van der Waals surface area contributed by atoms with Crippen molar-refractivity contribution in [3.8, 4) is 5.75 Å². The molecule has 1 aliphatic heterocycles. The fraction of sp³-hybridized carbons (Fsp3) is 0.538. The predicted octanol–water partition coefficient (Wildman–Crippen LogP) is 2.61. The van der Waals surface area contributed by atoms with Crippen LogP contribution in [-0.4, -0.2) is 31.1 Å². The maximum Gasteiger partial charge on any atom is 0.165 e. The Kier molecular flexibility index (Phi) is 3.44. The Labute approximate surface area is 96.0 Å². The average molecular weight is 223 g/mol. The topological polar surface area (TPSA) is 12.5 Å². The minimum atomic E-state index is -0.251. The van der Waals surface area contributed by atoms with Gasteiger partial charge in [0.2, 0.25) is 0 Å². The highest BCUT2D eigenvalue weighted by Crippen LogP contribution is 2.22. The van der Waals surface area contributed by atoms with Crippen LogP contribution in [0.5, 0.6) is 5.75 Å². The first-order valence-electron chi connectivity index (χ1n) is 5.76. The van der Waals surface area contributed by atoms with Gasteiger partial charge in [0.1, 0.15) is 6.10 Å². The van der Waals surface area contributed by atoms with E-state index in [1.807, 2.05) is 13.0 Å². The van der Waals surface area contributed by atoms with Crippen LogP contribution in [0.1, 0.15) is 18.4 Å². The van der Waals surface area contributed by atoms with E-state index in [1.165, 1.54) is 6.07 Å². The van der Waals surface area contributed by atoms with Crippen molar-refractivity contribution in [2.75, 3.05) is 20.1 Å². The molecule has 1 aromatic rings. The van der Waals surface area contributed by atoms with E-state index in [9.17, 15) is 4.39 Å². The lowest BCUT2D eigenvalue weighted by Gasteiger charge is -2.29. The molecule has 1 fully saturated rings. The Balaban J connectivity index is 1.98. The Morgan fingerprint density at radius 1 is 1.31 bits per heavy atom. The van der Waals surface area contributed by atoms with Gasteiger partial charge >= 0.3 is 0 Å².